The summed E-state index contributed by atoms with van der Waals surface area (Å²) in [5.74, 6) is 1.28. The second-order valence-corrected chi connectivity index (χ2v) is 9.08. The SMILES string of the molecule is COC(=O)C1CCN([C@@H](C)c2nc3sc4c(c3c(=O)[nH]2)CC[C@@H](C)C4)CC1. The molecule has 0 bridgehead atoms. The molecule has 0 aromatic carbocycles. The van der Waals surface area contributed by atoms with Crippen molar-refractivity contribution in [1.82, 2.24) is 14.9 Å². The van der Waals surface area contributed by atoms with Crippen molar-refractivity contribution in [3.63, 3.8) is 0 Å². The lowest BCUT2D eigenvalue weighted by molar-refractivity contribution is -0.147. The topological polar surface area (TPSA) is 75.3 Å². The lowest BCUT2D eigenvalue weighted by atomic mass is 9.89. The number of nitrogens with zero attached hydrogens (tertiary/aromatic N) is 2. The fourth-order valence-electron chi connectivity index (χ4n) is 4.43. The molecule has 2 atom stereocenters. The Hall–Kier alpha value is -1.73. The van der Waals surface area contributed by atoms with Crippen LogP contribution in [0.5, 0.6) is 0 Å². The normalized spacial score (nSPS) is 22.6. The number of aryl methyl sites for hydroxylation is 1. The molecule has 0 unspecified atom stereocenters. The van der Waals surface area contributed by atoms with Gasteiger partial charge < -0.3 is 9.72 Å². The predicted octanol–water partition coefficient (Wildman–Crippen LogP) is 3.06. The fraction of sp³-hybridized carbons (Fsp3) is 0.650. The number of aromatic nitrogens is 2. The third kappa shape index (κ3) is 3.43. The van der Waals surface area contributed by atoms with Crippen LogP contribution in [0.25, 0.3) is 10.2 Å². The zero-order valence-electron chi connectivity index (χ0n) is 16.2. The second kappa shape index (κ2) is 7.36. The molecule has 2 aliphatic rings. The molecule has 1 N–H and O–H groups in total. The molecule has 1 aliphatic carbocycles. The Labute approximate surface area is 162 Å². The highest BCUT2D eigenvalue weighted by molar-refractivity contribution is 7.18. The minimum atomic E-state index is -0.117. The molecule has 0 spiro atoms. The van der Waals surface area contributed by atoms with Crippen LogP contribution in [0.1, 0.15) is 55.4 Å². The standard InChI is InChI=1S/C20H27N3O3S/c1-11-4-5-14-15(10-11)27-19-16(14)18(24)21-17(22-19)12(2)23-8-6-13(7-9-23)20(25)26-3/h11-13H,4-10H2,1-3H3,(H,21,22,24)/t11-,12+/m1/s1. The summed E-state index contributed by atoms with van der Waals surface area (Å²) in [5.41, 5.74) is 1.22. The van der Waals surface area contributed by atoms with Crippen LogP contribution < -0.4 is 5.56 Å². The first kappa shape index (κ1) is 18.6. The first-order chi connectivity index (χ1) is 13.0. The van der Waals surface area contributed by atoms with E-state index in [0.717, 1.165) is 61.2 Å². The molecule has 146 valence electrons. The lowest BCUT2D eigenvalue weighted by Gasteiger charge is -2.34. The molecule has 0 radical (unpaired) electrons. The summed E-state index contributed by atoms with van der Waals surface area (Å²) in [6, 6.07) is 0.0266. The average Bonchev–Trinajstić information content (AvgIpc) is 3.04. The Morgan fingerprint density at radius 2 is 2.07 bits per heavy atom. The summed E-state index contributed by atoms with van der Waals surface area (Å²) in [4.78, 5) is 36.9. The van der Waals surface area contributed by atoms with E-state index in [2.05, 4.69) is 23.7 Å². The number of esters is 1. The van der Waals surface area contributed by atoms with Crippen LogP contribution in [-0.2, 0) is 22.4 Å². The van der Waals surface area contributed by atoms with Gasteiger partial charge in [-0.2, -0.15) is 0 Å². The zero-order valence-corrected chi connectivity index (χ0v) is 17.0. The van der Waals surface area contributed by atoms with Crippen LogP contribution in [-0.4, -0.2) is 41.0 Å². The van der Waals surface area contributed by atoms with Gasteiger partial charge in [-0.05, 0) is 63.6 Å². The molecular weight excluding hydrogens is 362 g/mol. The molecular formula is C20H27N3O3S. The molecule has 2 aromatic rings. The zero-order chi connectivity index (χ0) is 19.1. The van der Waals surface area contributed by atoms with Crippen molar-refractivity contribution in [3.05, 3.63) is 26.6 Å². The van der Waals surface area contributed by atoms with E-state index in [1.807, 2.05) is 0 Å². The minimum Gasteiger partial charge on any atom is -0.469 e. The van der Waals surface area contributed by atoms with Gasteiger partial charge >= 0.3 is 5.97 Å². The number of carbonyl (C=O) groups is 1. The number of nitrogens with one attached hydrogen (secondary N) is 1. The number of carbonyl (C=O) groups excluding carboxylic acids is 1. The summed E-state index contributed by atoms with van der Waals surface area (Å²) < 4.78 is 4.87. The summed E-state index contributed by atoms with van der Waals surface area (Å²) in [6.45, 7) is 5.97. The number of hydrogen-bond donors (Lipinski definition) is 1. The number of thiophene rings is 1. The highest BCUT2D eigenvalue weighted by Crippen LogP contribution is 2.36. The number of rotatable bonds is 3. The third-order valence-corrected chi connectivity index (χ3v) is 7.34. The maximum atomic E-state index is 12.8. The van der Waals surface area contributed by atoms with Gasteiger partial charge in [0, 0.05) is 4.88 Å². The molecule has 2 aromatic heterocycles. The summed E-state index contributed by atoms with van der Waals surface area (Å²) >= 11 is 1.69. The van der Waals surface area contributed by atoms with Crippen molar-refractivity contribution in [3.8, 4) is 0 Å². The summed E-state index contributed by atoms with van der Waals surface area (Å²) in [5, 5.41) is 0.808. The van der Waals surface area contributed by atoms with Crippen molar-refractivity contribution >= 4 is 27.5 Å². The van der Waals surface area contributed by atoms with Crippen LogP contribution in [0.15, 0.2) is 4.79 Å². The number of fused-ring (bicyclic) bond motifs is 3. The molecule has 6 nitrogen and oxygen atoms in total. The van der Waals surface area contributed by atoms with E-state index in [1.54, 1.807) is 11.3 Å². The van der Waals surface area contributed by atoms with Gasteiger partial charge in [0.2, 0.25) is 0 Å². The third-order valence-electron chi connectivity index (χ3n) is 6.19. The van der Waals surface area contributed by atoms with Gasteiger partial charge in [0.15, 0.2) is 0 Å². The van der Waals surface area contributed by atoms with E-state index in [9.17, 15) is 9.59 Å². The van der Waals surface area contributed by atoms with Gasteiger partial charge in [-0.25, -0.2) is 4.98 Å². The van der Waals surface area contributed by atoms with E-state index < -0.39 is 0 Å². The quantitative estimate of drug-likeness (QED) is 0.817. The fourth-order valence-corrected chi connectivity index (χ4v) is 5.82. The van der Waals surface area contributed by atoms with Gasteiger partial charge in [-0.15, -0.1) is 11.3 Å². The lowest BCUT2D eigenvalue weighted by Crippen LogP contribution is -2.39. The Balaban J connectivity index is 1.57. The van der Waals surface area contributed by atoms with E-state index in [4.69, 9.17) is 9.72 Å². The van der Waals surface area contributed by atoms with Crippen molar-refractivity contribution in [2.24, 2.45) is 11.8 Å². The smallest absolute Gasteiger partial charge is 0.308 e. The highest BCUT2D eigenvalue weighted by atomic mass is 32.1. The largest absolute Gasteiger partial charge is 0.469 e. The highest BCUT2D eigenvalue weighted by Gasteiger charge is 2.30. The molecule has 1 saturated heterocycles. The average molecular weight is 390 g/mol. The van der Waals surface area contributed by atoms with Crippen molar-refractivity contribution in [2.75, 3.05) is 20.2 Å². The molecule has 1 fully saturated rings. The number of aromatic amines is 1. The first-order valence-corrected chi connectivity index (χ1v) is 10.7. The van der Waals surface area contributed by atoms with Gasteiger partial charge in [-0.3, -0.25) is 14.5 Å². The molecule has 27 heavy (non-hydrogen) atoms. The molecule has 0 saturated carbocycles. The summed E-state index contributed by atoms with van der Waals surface area (Å²) in [6.07, 6.45) is 4.76. The van der Waals surface area contributed by atoms with Crippen LogP contribution >= 0.6 is 11.3 Å². The monoisotopic (exact) mass is 389 g/mol. The molecule has 1 aliphatic heterocycles. The molecule has 7 heteroatoms. The number of H-pyrrole nitrogens is 1. The Kier molecular flexibility index (Phi) is 5.07. The predicted molar refractivity (Wildman–Crippen MR) is 106 cm³/mol. The number of likely N-dealkylation sites (tertiary alicyclic amines) is 1. The van der Waals surface area contributed by atoms with Gasteiger partial charge in [0.1, 0.15) is 10.7 Å². The molecule has 0 amide bonds. The van der Waals surface area contributed by atoms with Crippen molar-refractivity contribution in [2.45, 2.75) is 52.0 Å². The van der Waals surface area contributed by atoms with Crippen LogP contribution in [0.4, 0.5) is 0 Å². The van der Waals surface area contributed by atoms with E-state index in [0.29, 0.717) is 5.92 Å². The minimum absolute atomic E-state index is 0.00153. The van der Waals surface area contributed by atoms with E-state index >= 15 is 0 Å². The van der Waals surface area contributed by atoms with E-state index in [-0.39, 0.29) is 23.5 Å². The number of hydrogen-bond acceptors (Lipinski definition) is 6. The Bertz CT molecular complexity index is 911. The number of piperidine rings is 1. The van der Waals surface area contributed by atoms with Gasteiger partial charge in [0.25, 0.3) is 5.56 Å². The van der Waals surface area contributed by atoms with Gasteiger partial charge in [0.05, 0.1) is 24.5 Å². The van der Waals surface area contributed by atoms with Crippen LogP contribution in [0.3, 0.4) is 0 Å². The van der Waals surface area contributed by atoms with Crippen molar-refractivity contribution in [1.29, 1.82) is 0 Å². The van der Waals surface area contributed by atoms with Crippen molar-refractivity contribution < 1.29 is 9.53 Å². The molecule has 4 rings (SSSR count). The summed E-state index contributed by atoms with van der Waals surface area (Å²) in [7, 11) is 1.45. The first-order valence-electron chi connectivity index (χ1n) is 9.84. The maximum Gasteiger partial charge on any atom is 0.308 e. The van der Waals surface area contributed by atoms with Crippen LogP contribution in [0.2, 0.25) is 0 Å². The Morgan fingerprint density at radius 3 is 2.78 bits per heavy atom. The number of ether oxygens (including phenoxy) is 1. The second-order valence-electron chi connectivity index (χ2n) is 7.99. The van der Waals surface area contributed by atoms with E-state index in [1.165, 1.54) is 17.6 Å². The van der Waals surface area contributed by atoms with Gasteiger partial charge in [-0.1, -0.05) is 6.92 Å². The maximum absolute atomic E-state index is 12.8. The molecule has 3 heterocycles. The van der Waals surface area contributed by atoms with Crippen LogP contribution in [0, 0.1) is 11.8 Å². The number of methoxy groups -OCH3 is 1. The Morgan fingerprint density at radius 1 is 1.33 bits per heavy atom.